The quantitative estimate of drug-likeness (QED) is 0.813. The summed E-state index contributed by atoms with van der Waals surface area (Å²) >= 11 is 3.32. The highest BCUT2D eigenvalue weighted by Gasteiger charge is 2.13. The molecule has 0 aliphatic heterocycles. The first kappa shape index (κ1) is 17.5. The first-order valence-electron chi connectivity index (χ1n) is 6.22. The number of hydrogen-bond acceptors (Lipinski definition) is 3. The molecular weight excluding hydrogens is 356 g/mol. The number of aromatic nitrogens is 2. The molecule has 0 saturated heterocycles. The predicted octanol–water partition coefficient (Wildman–Crippen LogP) is 2.73. The van der Waals surface area contributed by atoms with E-state index in [1.165, 1.54) is 0 Å². The molecule has 0 saturated carbocycles. The Labute approximate surface area is 138 Å². The van der Waals surface area contributed by atoms with Crippen molar-refractivity contribution in [3.63, 3.8) is 0 Å². The maximum atomic E-state index is 12.1. The lowest BCUT2D eigenvalue weighted by Crippen LogP contribution is -2.24. The lowest BCUT2D eigenvalue weighted by molar-refractivity contribution is 0.0951. The summed E-state index contributed by atoms with van der Waals surface area (Å²) in [6.07, 6.45) is 0. The molecule has 1 amide bonds. The van der Waals surface area contributed by atoms with Gasteiger partial charge in [0.25, 0.3) is 5.91 Å². The number of hydrogen-bond donors (Lipinski definition) is 2. The minimum atomic E-state index is -0.183. The van der Waals surface area contributed by atoms with Crippen molar-refractivity contribution in [1.82, 2.24) is 15.1 Å². The zero-order chi connectivity index (χ0) is 14.9. The Morgan fingerprint density at radius 3 is 2.62 bits per heavy atom. The van der Waals surface area contributed by atoms with Gasteiger partial charge in [-0.3, -0.25) is 9.48 Å². The average molecular weight is 374 g/mol. The van der Waals surface area contributed by atoms with E-state index in [9.17, 15) is 4.79 Å². The van der Waals surface area contributed by atoms with Crippen LogP contribution in [0.4, 0.5) is 5.69 Å². The minimum Gasteiger partial charge on any atom is -0.398 e. The van der Waals surface area contributed by atoms with Gasteiger partial charge in [0, 0.05) is 35.0 Å². The third-order valence-electron chi connectivity index (χ3n) is 3.34. The van der Waals surface area contributed by atoms with E-state index in [1.807, 2.05) is 25.6 Å². The first-order chi connectivity index (χ1) is 9.40. The third-order valence-corrected chi connectivity index (χ3v) is 3.84. The summed E-state index contributed by atoms with van der Waals surface area (Å²) in [7, 11) is 1.89. The number of aryl methyl sites for hydroxylation is 2. The molecule has 0 radical (unpaired) electrons. The summed E-state index contributed by atoms with van der Waals surface area (Å²) in [4.78, 5) is 12.1. The van der Waals surface area contributed by atoms with Crippen LogP contribution in [-0.2, 0) is 13.6 Å². The van der Waals surface area contributed by atoms with Crippen LogP contribution in [0, 0.1) is 13.8 Å². The Kier molecular flexibility index (Phi) is 5.80. The number of carbonyl (C=O) groups is 1. The van der Waals surface area contributed by atoms with E-state index in [2.05, 4.69) is 26.3 Å². The fraction of sp³-hybridized carbons (Fsp3) is 0.286. The van der Waals surface area contributed by atoms with Crippen molar-refractivity contribution in [2.24, 2.45) is 7.05 Å². The van der Waals surface area contributed by atoms with Gasteiger partial charge in [-0.15, -0.1) is 12.4 Å². The molecule has 114 valence electrons. The summed E-state index contributed by atoms with van der Waals surface area (Å²) in [5, 5.41) is 7.21. The number of rotatable bonds is 3. The highest BCUT2D eigenvalue weighted by molar-refractivity contribution is 9.10. The summed E-state index contributed by atoms with van der Waals surface area (Å²) in [6, 6.07) is 5.22. The van der Waals surface area contributed by atoms with Crippen molar-refractivity contribution in [2.75, 3.05) is 5.73 Å². The molecule has 0 aliphatic carbocycles. The van der Waals surface area contributed by atoms with Crippen LogP contribution < -0.4 is 11.1 Å². The van der Waals surface area contributed by atoms with E-state index in [1.54, 1.807) is 18.2 Å². The Morgan fingerprint density at radius 1 is 1.43 bits per heavy atom. The summed E-state index contributed by atoms with van der Waals surface area (Å²) in [6.45, 7) is 4.36. The van der Waals surface area contributed by atoms with E-state index in [0.717, 1.165) is 21.4 Å². The van der Waals surface area contributed by atoms with E-state index in [-0.39, 0.29) is 18.3 Å². The number of nitrogens with two attached hydrogens (primary N) is 1. The number of nitrogen functional groups attached to an aromatic ring is 1. The molecule has 1 aromatic carbocycles. The summed E-state index contributed by atoms with van der Waals surface area (Å²) in [5.74, 6) is -0.183. The van der Waals surface area contributed by atoms with Crippen molar-refractivity contribution in [1.29, 1.82) is 0 Å². The highest BCUT2D eigenvalue weighted by Crippen LogP contribution is 2.19. The number of carbonyl (C=O) groups excluding carboxylic acids is 1. The van der Waals surface area contributed by atoms with Gasteiger partial charge in [-0.05, 0) is 32.0 Å². The van der Waals surface area contributed by atoms with Gasteiger partial charge in [-0.1, -0.05) is 15.9 Å². The molecule has 0 fully saturated rings. The van der Waals surface area contributed by atoms with Crippen LogP contribution in [0.15, 0.2) is 22.7 Å². The lowest BCUT2D eigenvalue weighted by atomic mass is 10.1. The number of nitrogens with zero attached hydrogens (tertiary/aromatic N) is 2. The van der Waals surface area contributed by atoms with E-state index in [4.69, 9.17) is 5.73 Å². The van der Waals surface area contributed by atoms with Crippen molar-refractivity contribution in [2.45, 2.75) is 20.4 Å². The topological polar surface area (TPSA) is 72.9 Å². The Morgan fingerprint density at radius 2 is 2.10 bits per heavy atom. The second kappa shape index (κ2) is 6.95. The van der Waals surface area contributed by atoms with Crippen LogP contribution in [0.3, 0.4) is 0 Å². The molecule has 21 heavy (non-hydrogen) atoms. The van der Waals surface area contributed by atoms with Gasteiger partial charge in [-0.2, -0.15) is 5.10 Å². The monoisotopic (exact) mass is 372 g/mol. The highest BCUT2D eigenvalue weighted by atomic mass is 79.9. The molecule has 2 rings (SSSR count). The van der Waals surface area contributed by atoms with Gasteiger partial charge in [0.2, 0.25) is 0 Å². The molecule has 5 nitrogen and oxygen atoms in total. The maximum absolute atomic E-state index is 12.1. The first-order valence-corrected chi connectivity index (χ1v) is 7.01. The maximum Gasteiger partial charge on any atom is 0.253 e. The van der Waals surface area contributed by atoms with E-state index in [0.29, 0.717) is 17.8 Å². The fourth-order valence-electron chi connectivity index (χ4n) is 2.08. The number of amides is 1. The van der Waals surface area contributed by atoms with Crippen LogP contribution in [0.1, 0.15) is 27.3 Å². The van der Waals surface area contributed by atoms with Crippen LogP contribution in [0.5, 0.6) is 0 Å². The summed E-state index contributed by atoms with van der Waals surface area (Å²) in [5.41, 5.74) is 9.79. The lowest BCUT2D eigenvalue weighted by Gasteiger charge is -2.08. The number of benzene rings is 1. The van der Waals surface area contributed by atoms with Gasteiger partial charge in [0.15, 0.2) is 0 Å². The van der Waals surface area contributed by atoms with Crippen LogP contribution in [0.25, 0.3) is 0 Å². The molecule has 1 aromatic heterocycles. The molecule has 3 N–H and O–H groups in total. The van der Waals surface area contributed by atoms with Crippen LogP contribution in [0.2, 0.25) is 0 Å². The summed E-state index contributed by atoms with van der Waals surface area (Å²) < 4.78 is 2.66. The Hall–Kier alpha value is -1.53. The minimum absolute atomic E-state index is 0. The molecule has 0 bridgehead atoms. The molecule has 2 aromatic rings. The predicted molar refractivity (Wildman–Crippen MR) is 89.7 cm³/mol. The van der Waals surface area contributed by atoms with Crippen molar-refractivity contribution in [3.05, 3.63) is 45.2 Å². The molecule has 0 spiro atoms. The fourth-order valence-corrected chi connectivity index (χ4v) is 2.46. The van der Waals surface area contributed by atoms with E-state index >= 15 is 0 Å². The van der Waals surface area contributed by atoms with Crippen molar-refractivity contribution < 1.29 is 4.79 Å². The van der Waals surface area contributed by atoms with Crippen molar-refractivity contribution >= 4 is 39.9 Å². The Balaban J connectivity index is 0.00000220. The normalized spacial score (nSPS) is 10.1. The smallest absolute Gasteiger partial charge is 0.253 e. The van der Waals surface area contributed by atoms with Gasteiger partial charge >= 0.3 is 0 Å². The molecule has 7 heteroatoms. The van der Waals surface area contributed by atoms with Gasteiger partial charge < -0.3 is 11.1 Å². The van der Waals surface area contributed by atoms with Gasteiger partial charge in [0.1, 0.15) is 0 Å². The average Bonchev–Trinajstić information content (AvgIpc) is 2.61. The zero-order valence-electron chi connectivity index (χ0n) is 12.1. The largest absolute Gasteiger partial charge is 0.398 e. The SMILES string of the molecule is Cc1nn(C)c(C)c1CNC(=O)c1ccc(Br)cc1N.Cl. The van der Waals surface area contributed by atoms with Gasteiger partial charge in [0.05, 0.1) is 11.3 Å². The zero-order valence-corrected chi connectivity index (χ0v) is 14.5. The van der Waals surface area contributed by atoms with Crippen molar-refractivity contribution in [3.8, 4) is 0 Å². The number of anilines is 1. The van der Waals surface area contributed by atoms with Crippen LogP contribution in [-0.4, -0.2) is 15.7 Å². The van der Waals surface area contributed by atoms with Crippen LogP contribution >= 0.6 is 28.3 Å². The van der Waals surface area contributed by atoms with Gasteiger partial charge in [-0.25, -0.2) is 0 Å². The molecule has 0 atom stereocenters. The second-order valence-corrected chi connectivity index (χ2v) is 5.60. The number of halogens is 2. The molecule has 1 heterocycles. The number of nitrogens with one attached hydrogen (secondary N) is 1. The Bertz CT molecular complexity index is 669. The van der Waals surface area contributed by atoms with E-state index < -0.39 is 0 Å². The molecule has 0 aliphatic rings. The third kappa shape index (κ3) is 3.77. The molecule has 0 unspecified atom stereocenters. The standard InChI is InChI=1S/C14H17BrN4O.ClH/c1-8-12(9(2)19(3)18-8)7-17-14(20)11-5-4-10(15)6-13(11)16;/h4-6H,7,16H2,1-3H3,(H,17,20);1H. The second-order valence-electron chi connectivity index (χ2n) is 4.69. The molecular formula is C14H18BrClN4O.